The smallest absolute Gasteiger partial charge is 0.255 e. The third kappa shape index (κ3) is 4.42. The normalized spacial score (nSPS) is 16.8. The fourth-order valence-corrected chi connectivity index (χ4v) is 4.10. The largest absolute Gasteiger partial charge is 0.387 e. The van der Waals surface area contributed by atoms with Gasteiger partial charge in [-0.25, -0.2) is 13.8 Å². The number of hydrogen-bond acceptors (Lipinski definition) is 4. The average molecular weight is 466 g/mol. The molecule has 1 aliphatic rings. The molecule has 1 heterocycles. The van der Waals surface area contributed by atoms with Crippen LogP contribution in [-0.2, 0) is 9.59 Å². The van der Waals surface area contributed by atoms with Crippen LogP contribution in [0.25, 0.3) is 11.1 Å². The van der Waals surface area contributed by atoms with Crippen LogP contribution in [0.3, 0.4) is 0 Å². The van der Waals surface area contributed by atoms with Crippen molar-refractivity contribution in [3.8, 4) is 11.1 Å². The second-order valence-electron chi connectivity index (χ2n) is 8.26. The molecule has 3 N–H and O–H groups in total. The molecule has 0 aliphatic carbocycles. The zero-order chi connectivity index (χ0) is 24.4. The lowest BCUT2D eigenvalue weighted by molar-refractivity contribution is -0.127. The molecule has 0 fully saturated rings. The summed E-state index contributed by atoms with van der Waals surface area (Å²) in [5.74, 6) is -3.08. The van der Waals surface area contributed by atoms with Gasteiger partial charge in [0.1, 0.15) is 11.6 Å². The van der Waals surface area contributed by atoms with E-state index in [1.54, 1.807) is 19.1 Å². The Labute approximate surface area is 196 Å². The predicted molar refractivity (Wildman–Crippen MR) is 125 cm³/mol. The van der Waals surface area contributed by atoms with E-state index in [1.165, 1.54) is 18.0 Å². The molecule has 1 aliphatic heterocycles. The Morgan fingerprint density at radius 3 is 2.32 bits per heavy atom. The monoisotopic (exact) mass is 465 g/mol. The molecule has 0 bridgehead atoms. The third-order valence-corrected chi connectivity index (χ3v) is 6.02. The number of nitrogens with zero attached hydrogens (tertiary/aromatic N) is 1. The van der Waals surface area contributed by atoms with E-state index in [4.69, 9.17) is 0 Å². The zero-order valence-electron chi connectivity index (χ0n) is 18.8. The van der Waals surface area contributed by atoms with Crippen LogP contribution in [-0.4, -0.2) is 29.5 Å². The quantitative estimate of drug-likeness (QED) is 0.517. The number of aliphatic hydroxyl groups excluding tert-OH is 1. The number of benzene rings is 3. The Morgan fingerprint density at radius 1 is 1.00 bits per heavy atom. The molecule has 34 heavy (non-hydrogen) atoms. The SMILES string of the molecule is CC1C(=O)N(NC(=O)[C@H](C)NCC(O)c2c(F)cccc2F)c2ccccc2-c2ccccc21. The highest BCUT2D eigenvalue weighted by molar-refractivity contribution is 6.06. The number of para-hydroxylation sites is 1. The molecule has 0 aromatic heterocycles. The Morgan fingerprint density at radius 2 is 1.62 bits per heavy atom. The van der Waals surface area contributed by atoms with Crippen LogP contribution in [0.2, 0.25) is 0 Å². The number of carbonyl (C=O) groups excluding carboxylic acids is 2. The van der Waals surface area contributed by atoms with E-state index in [9.17, 15) is 23.5 Å². The van der Waals surface area contributed by atoms with Gasteiger partial charge < -0.3 is 10.4 Å². The highest BCUT2D eigenvalue weighted by atomic mass is 19.1. The van der Waals surface area contributed by atoms with Crippen molar-refractivity contribution >= 4 is 17.5 Å². The summed E-state index contributed by atoms with van der Waals surface area (Å²) in [6, 6.07) is 17.3. The number of hydrazine groups is 1. The molecule has 4 rings (SSSR count). The highest BCUT2D eigenvalue weighted by Gasteiger charge is 2.33. The van der Waals surface area contributed by atoms with E-state index in [0.717, 1.165) is 28.8 Å². The third-order valence-electron chi connectivity index (χ3n) is 6.02. The maximum atomic E-state index is 13.9. The molecule has 0 saturated heterocycles. The number of rotatable bonds is 6. The van der Waals surface area contributed by atoms with Gasteiger partial charge in [0.05, 0.1) is 29.3 Å². The zero-order valence-corrected chi connectivity index (χ0v) is 18.8. The van der Waals surface area contributed by atoms with Crippen LogP contribution >= 0.6 is 0 Å². The van der Waals surface area contributed by atoms with Gasteiger partial charge in [-0.15, -0.1) is 0 Å². The molecule has 2 amide bonds. The lowest BCUT2D eigenvalue weighted by Crippen LogP contribution is -2.53. The molecule has 0 saturated carbocycles. The van der Waals surface area contributed by atoms with E-state index < -0.39 is 41.2 Å². The second-order valence-corrected chi connectivity index (χ2v) is 8.26. The number of hydrogen-bond donors (Lipinski definition) is 3. The van der Waals surface area contributed by atoms with Crippen LogP contribution in [0.15, 0.2) is 66.7 Å². The van der Waals surface area contributed by atoms with Crippen molar-refractivity contribution in [2.24, 2.45) is 0 Å². The molecule has 176 valence electrons. The lowest BCUT2D eigenvalue weighted by Gasteiger charge is -2.27. The van der Waals surface area contributed by atoms with Gasteiger partial charge in [-0.1, -0.05) is 48.5 Å². The summed E-state index contributed by atoms with van der Waals surface area (Å²) in [6.07, 6.45) is -1.49. The van der Waals surface area contributed by atoms with E-state index in [0.29, 0.717) is 5.69 Å². The molecule has 0 spiro atoms. The summed E-state index contributed by atoms with van der Waals surface area (Å²) >= 11 is 0. The molecule has 2 unspecified atom stereocenters. The summed E-state index contributed by atoms with van der Waals surface area (Å²) in [5.41, 5.74) is 5.32. The summed E-state index contributed by atoms with van der Waals surface area (Å²) in [7, 11) is 0. The van der Waals surface area contributed by atoms with Gasteiger partial charge in [-0.05, 0) is 43.2 Å². The number of amides is 2. The van der Waals surface area contributed by atoms with Crippen LogP contribution < -0.4 is 15.8 Å². The summed E-state index contributed by atoms with van der Waals surface area (Å²) in [6.45, 7) is 3.05. The maximum absolute atomic E-state index is 13.9. The summed E-state index contributed by atoms with van der Waals surface area (Å²) < 4.78 is 27.8. The standard InChI is InChI=1S/C26H25F2N3O3/c1-15-17-8-3-4-9-18(17)19-10-5-6-13-22(19)31(26(15)34)30-25(33)16(2)29-14-23(32)24-20(27)11-7-12-21(24)28/h3-13,15-16,23,29,32H,14H2,1-2H3,(H,30,33)/t15?,16-,23?/m0/s1. The van der Waals surface area contributed by atoms with E-state index >= 15 is 0 Å². The fourth-order valence-electron chi connectivity index (χ4n) is 4.10. The molecule has 3 aromatic carbocycles. The molecule has 6 nitrogen and oxygen atoms in total. The van der Waals surface area contributed by atoms with Crippen molar-refractivity contribution in [3.05, 3.63) is 89.5 Å². The van der Waals surface area contributed by atoms with Crippen molar-refractivity contribution < 1.29 is 23.5 Å². The van der Waals surface area contributed by atoms with Crippen molar-refractivity contribution in [1.82, 2.24) is 10.7 Å². The van der Waals surface area contributed by atoms with Gasteiger partial charge in [-0.2, -0.15) is 0 Å². The Hall–Kier alpha value is -3.62. The first kappa shape index (κ1) is 23.5. The number of anilines is 1. The van der Waals surface area contributed by atoms with Crippen molar-refractivity contribution in [2.75, 3.05) is 11.6 Å². The van der Waals surface area contributed by atoms with Gasteiger partial charge in [0.2, 0.25) is 0 Å². The van der Waals surface area contributed by atoms with Gasteiger partial charge in [0.15, 0.2) is 0 Å². The number of carbonyl (C=O) groups is 2. The number of fused-ring (bicyclic) bond motifs is 3. The predicted octanol–water partition coefficient (Wildman–Crippen LogP) is 3.82. The van der Waals surface area contributed by atoms with Crippen LogP contribution in [0.5, 0.6) is 0 Å². The molecular weight excluding hydrogens is 440 g/mol. The van der Waals surface area contributed by atoms with Crippen molar-refractivity contribution in [2.45, 2.75) is 31.9 Å². The van der Waals surface area contributed by atoms with E-state index in [2.05, 4.69) is 10.7 Å². The summed E-state index contributed by atoms with van der Waals surface area (Å²) in [4.78, 5) is 26.3. The minimum Gasteiger partial charge on any atom is -0.387 e. The van der Waals surface area contributed by atoms with Crippen LogP contribution in [0.4, 0.5) is 14.5 Å². The van der Waals surface area contributed by atoms with Crippen molar-refractivity contribution in [1.29, 1.82) is 0 Å². The maximum Gasteiger partial charge on any atom is 0.255 e. The molecule has 3 atom stereocenters. The number of nitrogens with one attached hydrogen (secondary N) is 2. The van der Waals surface area contributed by atoms with E-state index in [1.807, 2.05) is 36.4 Å². The average Bonchev–Trinajstić information content (AvgIpc) is 2.92. The molecule has 3 aromatic rings. The molecule has 0 radical (unpaired) electrons. The minimum atomic E-state index is -1.49. The lowest BCUT2D eigenvalue weighted by atomic mass is 9.92. The topological polar surface area (TPSA) is 81.7 Å². The second kappa shape index (κ2) is 9.70. The Bertz CT molecular complexity index is 1210. The minimum absolute atomic E-state index is 0.265. The fraction of sp³-hybridized carbons (Fsp3) is 0.231. The number of halogens is 2. The Kier molecular flexibility index (Phi) is 6.72. The first-order chi connectivity index (χ1) is 16.3. The number of aliphatic hydroxyl groups is 1. The van der Waals surface area contributed by atoms with Crippen LogP contribution in [0.1, 0.15) is 37.0 Å². The first-order valence-corrected chi connectivity index (χ1v) is 11.0. The first-order valence-electron chi connectivity index (χ1n) is 11.0. The van der Waals surface area contributed by atoms with E-state index in [-0.39, 0.29) is 12.5 Å². The van der Waals surface area contributed by atoms with Crippen LogP contribution in [0, 0.1) is 11.6 Å². The molecular formula is C26H25F2N3O3. The van der Waals surface area contributed by atoms with Crippen molar-refractivity contribution in [3.63, 3.8) is 0 Å². The van der Waals surface area contributed by atoms with Gasteiger partial charge in [0, 0.05) is 12.1 Å². The Balaban J connectivity index is 1.52. The highest BCUT2D eigenvalue weighted by Crippen LogP contribution is 2.39. The van der Waals surface area contributed by atoms with Gasteiger partial charge in [-0.3, -0.25) is 15.0 Å². The molecule has 8 heteroatoms. The summed E-state index contributed by atoms with van der Waals surface area (Å²) in [5, 5.41) is 14.3. The van der Waals surface area contributed by atoms with Gasteiger partial charge in [0.25, 0.3) is 11.8 Å². The van der Waals surface area contributed by atoms with Gasteiger partial charge >= 0.3 is 0 Å².